The van der Waals surface area contributed by atoms with Gasteiger partial charge in [-0.3, -0.25) is 4.79 Å². The third-order valence-electron chi connectivity index (χ3n) is 7.51. The number of allylic oxidation sites excluding steroid dienone is 7. The lowest BCUT2D eigenvalue weighted by Gasteiger charge is -2.51. The smallest absolute Gasteiger partial charge is 0.178 e. The van der Waals surface area contributed by atoms with Gasteiger partial charge in [-0.05, 0) is 73.5 Å². The summed E-state index contributed by atoms with van der Waals surface area (Å²) in [6, 6.07) is 0. The van der Waals surface area contributed by atoms with Crippen LogP contribution in [0.3, 0.4) is 0 Å². The van der Waals surface area contributed by atoms with E-state index in [2.05, 4.69) is 32.9 Å². The number of fused-ring (bicyclic) bond motifs is 5. The van der Waals surface area contributed by atoms with Crippen LogP contribution in [0.4, 0.5) is 0 Å². The Balaban J connectivity index is 1.79. The van der Waals surface area contributed by atoms with Gasteiger partial charge < -0.3 is 10.2 Å². The van der Waals surface area contributed by atoms with Crippen molar-refractivity contribution >= 4 is 5.78 Å². The molecule has 0 aromatic rings. The van der Waals surface area contributed by atoms with Gasteiger partial charge in [-0.25, -0.2) is 0 Å². The highest BCUT2D eigenvalue weighted by atomic mass is 16.3. The minimum atomic E-state index is -0.265. The van der Waals surface area contributed by atoms with Crippen molar-refractivity contribution in [2.45, 2.75) is 46.5 Å². The van der Waals surface area contributed by atoms with Crippen LogP contribution in [0, 0.1) is 28.6 Å². The van der Waals surface area contributed by atoms with Crippen LogP contribution in [0.2, 0.25) is 0 Å². The van der Waals surface area contributed by atoms with Gasteiger partial charge in [0.15, 0.2) is 5.78 Å². The zero-order valence-electron chi connectivity index (χ0n) is 15.4. The van der Waals surface area contributed by atoms with Gasteiger partial charge in [0.1, 0.15) is 12.4 Å². The van der Waals surface area contributed by atoms with Gasteiger partial charge in [0, 0.05) is 5.41 Å². The fourth-order valence-corrected chi connectivity index (χ4v) is 6.38. The molecule has 0 aromatic heterocycles. The number of rotatable bonds is 1. The van der Waals surface area contributed by atoms with E-state index >= 15 is 0 Å². The fourth-order valence-electron chi connectivity index (χ4n) is 6.38. The predicted octanol–water partition coefficient (Wildman–Crippen LogP) is 4.26. The van der Waals surface area contributed by atoms with Gasteiger partial charge in [0.05, 0.1) is 0 Å². The van der Waals surface area contributed by atoms with Crippen molar-refractivity contribution in [2.75, 3.05) is 6.61 Å². The highest BCUT2D eigenvalue weighted by Gasteiger charge is 2.56. The first kappa shape index (κ1) is 16.8. The summed E-state index contributed by atoms with van der Waals surface area (Å²) in [6.07, 6.45) is 12.1. The standard InChI is InChI=1S/C22H28O3/c1-13-10-18-16-5-4-14-11-15(24)6-8-21(14,2)17(16)7-9-22(18,3)20(13)19(25)12-23/h6-8,11,13,16,18,23,25H,4-5,9-10,12H2,1-3H3/t13?,16-,18+,21+,22+/m1/s1. The van der Waals surface area contributed by atoms with Crippen LogP contribution in [-0.2, 0) is 4.79 Å². The molecule has 3 heteroatoms. The quantitative estimate of drug-likeness (QED) is 0.554. The second-order valence-corrected chi connectivity index (χ2v) is 8.80. The number of carbonyl (C=O) groups is 1. The van der Waals surface area contributed by atoms with E-state index in [0.29, 0.717) is 17.8 Å². The number of hydrogen-bond donors (Lipinski definition) is 2. The molecule has 4 aliphatic carbocycles. The van der Waals surface area contributed by atoms with E-state index in [1.54, 1.807) is 6.08 Å². The van der Waals surface area contributed by atoms with E-state index in [4.69, 9.17) is 0 Å². The highest BCUT2D eigenvalue weighted by molar-refractivity contribution is 6.01. The van der Waals surface area contributed by atoms with Crippen LogP contribution in [0.5, 0.6) is 0 Å². The van der Waals surface area contributed by atoms with Gasteiger partial charge >= 0.3 is 0 Å². The first-order valence-electron chi connectivity index (χ1n) is 9.49. The molecule has 5 atom stereocenters. The van der Waals surface area contributed by atoms with Gasteiger partial charge in [0.25, 0.3) is 0 Å². The molecule has 1 unspecified atom stereocenters. The molecule has 134 valence electrons. The first-order valence-corrected chi connectivity index (χ1v) is 9.49. The molecule has 2 saturated carbocycles. The van der Waals surface area contributed by atoms with Crippen molar-refractivity contribution in [3.63, 3.8) is 0 Å². The maximum Gasteiger partial charge on any atom is 0.178 e. The lowest BCUT2D eigenvalue weighted by Crippen LogP contribution is -2.42. The molecular weight excluding hydrogens is 312 g/mol. The SMILES string of the molecule is CC1C[C@H]2[C@@H]3CCC4=CC(=O)C=C[C@]4(C)C3=CC[C@]2(C)C1=C(O)CO. The molecule has 0 heterocycles. The first-order chi connectivity index (χ1) is 11.8. The van der Waals surface area contributed by atoms with Crippen LogP contribution in [-0.4, -0.2) is 22.6 Å². The zero-order valence-corrected chi connectivity index (χ0v) is 15.4. The molecule has 0 radical (unpaired) electrons. The summed E-state index contributed by atoms with van der Waals surface area (Å²) in [5.74, 6) is 1.59. The van der Waals surface area contributed by atoms with E-state index in [1.165, 1.54) is 11.1 Å². The summed E-state index contributed by atoms with van der Waals surface area (Å²) in [7, 11) is 0. The molecule has 0 aromatic carbocycles. The van der Waals surface area contributed by atoms with Gasteiger partial charge in [-0.2, -0.15) is 0 Å². The maximum absolute atomic E-state index is 11.8. The molecule has 2 N–H and O–H groups in total. The molecule has 0 amide bonds. The molecule has 0 spiro atoms. The van der Waals surface area contributed by atoms with E-state index in [1.807, 2.05) is 6.08 Å². The van der Waals surface area contributed by atoms with Crippen molar-refractivity contribution in [1.82, 2.24) is 0 Å². The van der Waals surface area contributed by atoms with Crippen LogP contribution in [0.1, 0.15) is 46.5 Å². The van der Waals surface area contributed by atoms with Gasteiger partial charge in [-0.15, -0.1) is 0 Å². The van der Waals surface area contributed by atoms with E-state index in [-0.39, 0.29) is 29.0 Å². The number of ketones is 1. The Morgan fingerprint density at radius 1 is 1.36 bits per heavy atom. The van der Waals surface area contributed by atoms with Crippen LogP contribution in [0.25, 0.3) is 0 Å². The van der Waals surface area contributed by atoms with E-state index in [9.17, 15) is 15.0 Å². The third-order valence-corrected chi connectivity index (χ3v) is 7.51. The van der Waals surface area contributed by atoms with Gasteiger partial charge in [-0.1, -0.05) is 37.1 Å². The second kappa shape index (κ2) is 5.44. The Hall–Kier alpha value is -1.61. The Morgan fingerprint density at radius 2 is 2.12 bits per heavy atom. The maximum atomic E-state index is 11.8. The van der Waals surface area contributed by atoms with Crippen molar-refractivity contribution in [1.29, 1.82) is 0 Å². The predicted molar refractivity (Wildman–Crippen MR) is 97.9 cm³/mol. The van der Waals surface area contributed by atoms with Crippen LogP contribution >= 0.6 is 0 Å². The molecule has 2 fully saturated rings. The highest BCUT2D eigenvalue weighted by Crippen LogP contribution is 2.65. The molecule has 25 heavy (non-hydrogen) atoms. The Bertz CT molecular complexity index is 753. The number of aliphatic hydroxyl groups is 2. The molecule has 4 aliphatic rings. The summed E-state index contributed by atoms with van der Waals surface area (Å²) < 4.78 is 0. The summed E-state index contributed by atoms with van der Waals surface area (Å²) in [6.45, 7) is 6.44. The monoisotopic (exact) mass is 340 g/mol. The topological polar surface area (TPSA) is 57.5 Å². The van der Waals surface area contributed by atoms with Crippen molar-refractivity contribution in [2.24, 2.45) is 28.6 Å². The molecule has 0 aliphatic heterocycles. The number of hydrogen-bond acceptors (Lipinski definition) is 3. The minimum absolute atomic E-state index is 0.0633. The summed E-state index contributed by atoms with van der Waals surface area (Å²) in [5, 5.41) is 19.8. The Kier molecular flexibility index (Phi) is 3.66. The molecule has 3 nitrogen and oxygen atoms in total. The van der Waals surface area contributed by atoms with Crippen molar-refractivity contribution in [3.8, 4) is 0 Å². The summed E-state index contributed by atoms with van der Waals surface area (Å²) in [5.41, 5.74) is 3.61. The molecular formula is C22H28O3. The van der Waals surface area contributed by atoms with Crippen LogP contribution < -0.4 is 0 Å². The number of aliphatic hydroxyl groups excluding tert-OH is 2. The lowest BCUT2D eigenvalue weighted by molar-refractivity contribution is -0.110. The zero-order chi connectivity index (χ0) is 18.0. The lowest BCUT2D eigenvalue weighted by atomic mass is 9.53. The normalized spacial score (nSPS) is 44.5. The minimum Gasteiger partial charge on any atom is -0.510 e. The van der Waals surface area contributed by atoms with Crippen molar-refractivity contribution < 1.29 is 15.0 Å². The average Bonchev–Trinajstić information content (AvgIpc) is 2.85. The largest absolute Gasteiger partial charge is 0.510 e. The molecule has 4 rings (SSSR count). The van der Waals surface area contributed by atoms with E-state index in [0.717, 1.165) is 31.3 Å². The fraction of sp³-hybridized carbons (Fsp3) is 0.591. The van der Waals surface area contributed by atoms with E-state index < -0.39 is 0 Å². The Labute approximate surface area is 149 Å². The van der Waals surface area contributed by atoms with Crippen molar-refractivity contribution in [3.05, 3.63) is 46.8 Å². The average molecular weight is 340 g/mol. The molecule has 0 bridgehead atoms. The van der Waals surface area contributed by atoms with Crippen LogP contribution in [0.15, 0.2) is 46.8 Å². The summed E-state index contributed by atoms with van der Waals surface area (Å²) >= 11 is 0. The summed E-state index contributed by atoms with van der Waals surface area (Å²) in [4.78, 5) is 11.8. The second-order valence-electron chi connectivity index (χ2n) is 8.80. The third kappa shape index (κ3) is 2.18. The van der Waals surface area contributed by atoms with Gasteiger partial charge in [0.2, 0.25) is 0 Å². The number of carbonyl (C=O) groups excluding carboxylic acids is 1. The Morgan fingerprint density at radius 3 is 2.84 bits per heavy atom. The molecule has 0 saturated heterocycles.